The molecule has 1 aromatic heterocycles. The SMILES string of the molecule is O=C(COc1ccc(Cl)c2cccnc12)NCCc1ccccc1OC(F)F. The summed E-state index contributed by atoms with van der Waals surface area (Å²) in [6, 6.07) is 13.4. The van der Waals surface area contributed by atoms with Crippen LogP contribution in [0.5, 0.6) is 11.5 Å². The van der Waals surface area contributed by atoms with Crippen LogP contribution in [0.15, 0.2) is 54.7 Å². The molecule has 0 aliphatic carbocycles. The van der Waals surface area contributed by atoms with Crippen molar-refractivity contribution in [1.29, 1.82) is 0 Å². The predicted octanol–water partition coefficient (Wildman–Crippen LogP) is 4.23. The van der Waals surface area contributed by atoms with E-state index in [1.165, 1.54) is 6.07 Å². The molecule has 3 rings (SSSR count). The summed E-state index contributed by atoms with van der Waals surface area (Å²) in [6.07, 6.45) is 1.96. The average Bonchev–Trinajstić information content (AvgIpc) is 2.69. The first-order valence-corrected chi connectivity index (χ1v) is 8.88. The lowest BCUT2D eigenvalue weighted by molar-refractivity contribution is -0.123. The number of carbonyl (C=O) groups excluding carboxylic acids is 1. The van der Waals surface area contributed by atoms with Gasteiger partial charge in [0.1, 0.15) is 17.0 Å². The van der Waals surface area contributed by atoms with Crippen molar-refractivity contribution < 1.29 is 23.0 Å². The number of alkyl halides is 2. The molecular formula is C20H17ClF2N2O3. The lowest BCUT2D eigenvalue weighted by Gasteiger charge is -2.12. The first-order chi connectivity index (χ1) is 13.5. The molecule has 0 aliphatic heterocycles. The second-order valence-electron chi connectivity index (χ2n) is 5.82. The Morgan fingerprint density at radius 3 is 2.75 bits per heavy atom. The van der Waals surface area contributed by atoms with Gasteiger partial charge in [-0.15, -0.1) is 0 Å². The van der Waals surface area contributed by atoms with E-state index in [0.29, 0.717) is 28.3 Å². The van der Waals surface area contributed by atoms with Gasteiger partial charge in [-0.05, 0) is 42.3 Å². The third-order valence-electron chi connectivity index (χ3n) is 3.94. The number of nitrogens with zero attached hydrogens (tertiary/aromatic N) is 1. The number of halogens is 3. The van der Waals surface area contributed by atoms with Crippen molar-refractivity contribution in [3.63, 3.8) is 0 Å². The van der Waals surface area contributed by atoms with Crippen molar-refractivity contribution in [2.75, 3.05) is 13.2 Å². The van der Waals surface area contributed by atoms with E-state index in [-0.39, 0.29) is 24.8 Å². The van der Waals surface area contributed by atoms with Gasteiger partial charge in [-0.25, -0.2) is 0 Å². The summed E-state index contributed by atoms with van der Waals surface area (Å²) in [5.41, 5.74) is 1.15. The molecule has 1 amide bonds. The molecule has 0 spiro atoms. The van der Waals surface area contributed by atoms with Gasteiger partial charge in [0.2, 0.25) is 0 Å². The van der Waals surface area contributed by atoms with Crippen LogP contribution in [0.2, 0.25) is 5.02 Å². The smallest absolute Gasteiger partial charge is 0.387 e. The van der Waals surface area contributed by atoms with Crippen molar-refractivity contribution in [3.8, 4) is 11.5 Å². The molecule has 5 nitrogen and oxygen atoms in total. The third kappa shape index (κ3) is 5.07. The lowest BCUT2D eigenvalue weighted by atomic mass is 10.1. The van der Waals surface area contributed by atoms with E-state index < -0.39 is 6.61 Å². The Labute approximate surface area is 165 Å². The number of benzene rings is 2. The van der Waals surface area contributed by atoms with Gasteiger partial charge < -0.3 is 14.8 Å². The van der Waals surface area contributed by atoms with Crippen molar-refractivity contribution in [3.05, 3.63) is 65.3 Å². The van der Waals surface area contributed by atoms with E-state index in [1.807, 2.05) is 6.07 Å². The Kier molecular flexibility index (Phi) is 6.60. The second-order valence-corrected chi connectivity index (χ2v) is 6.23. The molecule has 146 valence electrons. The molecule has 0 bridgehead atoms. The molecule has 2 aromatic carbocycles. The molecule has 0 aliphatic rings. The van der Waals surface area contributed by atoms with Gasteiger partial charge in [0.25, 0.3) is 5.91 Å². The van der Waals surface area contributed by atoms with E-state index in [4.69, 9.17) is 16.3 Å². The highest BCUT2D eigenvalue weighted by Gasteiger charge is 2.11. The summed E-state index contributed by atoms with van der Waals surface area (Å²) in [4.78, 5) is 16.3. The molecule has 1 heterocycles. The summed E-state index contributed by atoms with van der Waals surface area (Å²) < 4.78 is 34.9. The maximum Gasteiger partial charge on any atom is 0.387 e. The van der Waals surface area contributed by atoms with Crippen molar-refractivity contribution in [1.82, 2.24) is 10.3 Å². The van der Waals surface area contributed by atoms with Crippen molar-refractivity contribution in [2.24, 2.45) is 0 Å². The van der Waals surface area contributed by atoms with Crippen LogP contribution in [-0.2, 0) is 11.2 Å². The number of aromatic nitrogens is 1. The number of ether oxygens (including phenoxy) is 2. The second kappa shape index (κ2) is 9.32. The highest BCUT2D eigenvalue weighted by atomic mass is 35.5. The van der Waals surface area contributed by atoms with Gasteiger partial charge >= 0.3 is 6.61 Å². The number of hydrogen-bond acceptors (Lipinski definition) is 4. The van der Waals surface area contributed by atoms with Gasteiger partial charge in [0.05, 0.1) is 5.02 Å². The third-order valence-corrected chi connectivity index (χ3v) is 4.27. The molecule has 0 saturated carbocycles. The Morgan fingerprint density at radius 2 is 1.93 bits per heavy atom. The molecule has 0 radical (unpaired) electrons. The molecule has 28 heavy (non-hydrogen) atoms. The van der Waals surface area contributed by atoms with Gasteiger partial charge in [-0.2, -0.15) is 8.78 Å². The zero-order valence-corrected chi connectivity index (χ0v) is 15.5. The van der Waals surface area contributed by atoms with Crippen LogP contribution < -0.4 is 14.8 Å². The van der Waals surface area contributed by atoms with Gasteiger partial charge in [0, 0.05) is 18.1 Å². The quantitative estimate of drug-likeness (QED) is 0.608. The lowest BCUT2D eigenvalue weighted by Crippen LogP contribution is -2.30. The molecule has 0 saturated heterocycles. The minimum absolute atomic E-state index is 0.0988. The zero-order chi connectivity index (χ0) is 19.9. The van der Waals surface area contributed by atoms with E-state index in [0.717, 1.165) is 5.39 Å². The maximum atomic E-state index is 12.4. The fourth-order valence-corrected chi connectivity index (χ4v) is 2.90. The average molecular weight is 407 g/mol. The van der Waals surface area contributed by atoms with Gasteiger partial charge in [0.15, 0.2) is 6.61 Å². The summed E-state index contributed by atoms with van der Waals surface area (Å²) in [5.74, 6) is 0.207. The van der Waals surface area contributed by atoms with Crippen molar-refractivity contribution in [2.45, 2.75) is 13.0 Å². The summed E-state index contributed by atoms with van der Waals surface area (Å²) in [7, 11) is 0. The molecule has 0 fully saturated rings. The first kappa shape index (κ1) is 19.8. The Balaban J connectivity index is 1.53. The van der Waals surface area contributed by atoms with E-state index >= 15 is 0 Å². The number of para-hydroxylation sites is 1. The normalized spacial score (nSPS) is 10.9. The topological polar surface area (TPSA) is 60.5 Å². The number of carbonyl (C=O) groups is 1. The van der Waals surface area contributed by atoms with E-state index in [1.54, 1.807) is 42.6 Å². The van der Waals surface area contributed by atoms with Crippen LogP contribution >= 0.6 is 11.6 Å². The van der Waals surface area contributed by atoms with Gasteiger partial charge in [-0.3, -0.25) is 9.78 Å². The Morgan fingerprint density at radius 1 is 1.11 bits per heavy atom. The minimum Gasteiger partial charge on any atom is -0.481 e. The summed E-state index contributed by atoms with van der Waals surface area (Å²) in [5, 5.41) is 3.97. The zero-order valence-electron chi connectivity index (χ0n) is 14.7. The monoisotopic (exact) mass is 406 g/mol. The molecular weight excluding hydrogens is 390 g/mol. The number of fused-ring (bicyclic) bond motifs is 1. The minimum atomic E-state index is -2.90. The number of pyridine rings is 1. The van der Waals surface area contributed by atoms with Crippen molar-refractivity contribution >= 4 is 28.4 Å². The van der Waals surface area contributed by atoms with Crippen LogP contribution in [0.3, 0.4) is 0 Å². The molecule has 8 heteroatoms. The Bertz CT molecular complexity index is 969. The standard InChI is InChI=1S/C20H17ClF2N2O3/c21-15-7-8-17(19-14(15)5-3-10-25-19)27-12-18(26)24-11-9-13-4-1-2-6-16(13)28-20(22)23/h1-8,10,20H,9,11-12H2,(H,24,26). The first-order valence-electron chi connectivity index (χ1n) is 8.50. The Hall–Kier alpha value is -2.93. The number of amides is 1. The van der Waals surface area contributed by atoms with Crippen LogP contribution in [0.1, 0.15) is 5.56 Å². The van der Waals surface area contributed by atoms with E-state index in [9.17, 15) is 13.6 Å². The fraction of sp³-hybridized carbons (Fsp3) is 0.200. The number of rotatable bonds is 8. The predicted molar refractivity (Wildman–Crippen MR) is 102 cm³/mol. The number of hydrogen-bond donors (Lipinski definition) is 1. The van der Waals surface area contributed by atoms with Crippen LogP contribution in [0, 0.1) is 0 Å². The largest absolute Gasteiger partial charge is 0.481 e. The summed E-state index contributed by atoms with van der Waals surface area (Å²) in [6.45, 7) is -2.85. The molecule has 0 atom stereocenters. The molecule has 1 N–H and O–H groups in total. The van der Waals surface area contributed by atoms with Gasteiger partial charge in [-0.1, -0.05) is 29.8 Å². The molecule has 0 unspecified atom stereocenters. The highest BCUT2D eigenvalue weighted by Crippen LogP contribution is 2.29. The highest BCUT2D eigenvalue weighted by molar-refractivity contribution is 6.35. The van der Waals surface area contributed by atoms with E-state index in [2.05, 4.69) is 15.0 Å². The van der Waals surface area contributed by atoms with Crippen LogP contribution in [0.25, 0.3) is 10.9 Å². The molecule has 3 aromatic rings. The number of nitrogens with one attached hydrogen (secondary N) is 1. The summed E-state index contributed by atoms with van der Waals surface area (Å²) >= 11 is 6.13. The fourth-order valence-electron chi connectivity index (χ4n) is 2.68. The van der Waals surface area contributed by atoms with Crippen LogP contribution in [0.4, 0.5) is 8.78 Å². The maximum absolute atomic E-state index is 12.4. The van der Waals surface area contributed by atoms with Crippen LogP contribution in [-0.4, -0.2) is 30.7 Å².